The zero-order valence-electron chi connectivity index (χ0n) is 19.0. The molecule has 2 heterocycles. The number of nitrogens with zero attached hydrogens (tertiary/aromatic N) is 3. The molecule has 0 bridgehead atoms. The minimum Gasteiger partial charge on any atom is -0.493 e. The van der Waals surface area contributed by atoms with Crippen LogP contribution in [0.3, 0.4) is 0 Å². The molecular weight excluding hydrogens is 390 g/mol. The highest BCUT2D eigenvalue weighted by Crippen LogP contribution is 2.35. The first-order chi connectivity index (χ1) is 15.2. The Hall–Kier alpha value is -2.54. The minimum absolute atomic E-state index is 0.274. The van der Waals surface area contributed by atoms with Gasteiger partial charge in [0.1, 0.15) is 5.82 Å². The molecular formula is C24H35N5O2. The van der Waals surface area contributed by atoms with Crippen molar-refractivity contribution in [2.45, 2.75) is 58.1 Å². The van der Waals surface area contributed by atoms with Crippen molar-refractivity contribution in [1.29, 1.82) is 0 Å². The SMILES string of the molecule is COc1cccc(CNc2ncc(C(C)C)c(N3CCNCC3)n2)c1OC1CCCC1. The van der Waals surface area contributed by atoms with Gasteiger partial charge in [-0.2, -0.15) is 4.98 Å². The van der Waals surface area contributed by atoms with Gasteiger partial charge in [0.05, 0.1) is 13.2 Å². The van der Waals surface area contributed by atoms with E-state index in [1.54, 1.807) is 7.11 Å². The maximum atomic E-state index is 6.37. The quantitative estimate of drug-likeness (QED) is 0.663. The Labute approximate surface area is 185 Å². The Morgan fingerprint density at radius 3 is 2.68 bits per heavy atom. The molecule has 168 valence electrons. The fourth-order valence-electron chi connectivity index (χ4n) is 4.35. The molecule has 1 saturated heterocycles. The fourth-order valence-corrected chi connectivity index (χ4v) is 4.35. The van der Waals surface area contributed by atoms with Crippen molar-refractivity contribution in [2.24, 2.45) is 0 Å². The molecule has 1 aliphatic carbocycles. The first-order valence-corrected chi connectivity index (χ1v) is 11.5. The van der Waals surface area contributed by atoms with E-state index < -0.39 is 0 Å². The van der Waals surface area contributed by atoms with E-state index in [1.165, 1.54) is 18.4 Å². The third kappa shape index (κ3) is 5.21. The molecule has 1 aromatic heterocycles. The van der Waals surface area contributed by atoms with Gasteiger partial charge in [0.15, 0.2) is 11.5 Å². The van der Waals surface area contributed by atoms with Gasteiger partial charge in [-0.3, -0.25) is 0 Å². The van der Waals surface area contributed by atoms with Gasteiger partial charge in [-0.15, -0.1) is 0 Å². The van der Waals surface area contributed by atoms with Crippen LogP contribution in [0.2, 0.25) is 0 Å². The van der Waals surface area contributed by atoms with Crippen LogP contribution in [-0.2, 0) is 6.54 Å². The summed E-state index contributed by atoms with van der Waals surface area (Å²) in [5, 5.41) is 6.84. The number of ether oxygens (including phenoxy) is 2. The second-order valence-electron chi connectivity index (χ2n) is 8.69. The van der Waals surface area contributed by atoms with Gasteiger partial charge < -0.3 is 25.0 Å². The van der Waals surface area contributed by atoms with Crippen LogP contribution in [0.1, 0.15) is 56.6 Å². The van der Waals surface area contributed by atoms with Crippen molar-refractivity contribution in [1.82, 2.24) is 15.3 Å². The Morgan fingerprint density at radius 2 is 1.97 bits per heavy atom. The summed E-state index contributed by atoms with van der Waals surface area (Å²) < 4.78 is 12.0. The number of nitrogens with one attached hydrogen (secondary N) is 2. The molecule has 7 heteroatoms. The zero-order valence-corrected chi connectivity index (χ0v) is 19.0. The summed E-state index contributed by atoms with van der Waals surface area (Å²) in [7, 11) is 1.70. The molecule has 0 atom stereocenters. The van der Waals surface area contributed by atoms with Crippen molar-refractivity contribution in [3.63, 3.8) is 0 Å². The first kappa shape index (κ1) is 21.7. The van der Waals surface area contributed by atoms with Crippen LogP contribution in [0, 0.1) is 0 Å². The highest BCUT2D eigenvalue weighted by atomic mass is 16.5. The number of hydrogen-bond donors (Lipinski definition) is 2. The van der Waals surface area contributed by atoms with Gasteiger partial charge in [-0.1, -0.05) is 26.0 Å². The second-order valence-corrected chi connectivity index (χ2v) is 8.69. The lowest BCUT2D eigenvalue weighted by Gasteiger charge is -2.31. The number of methoxy groups -OCH3 is 1. The number of hydrogen-bond acceptors (Lipinski definition) is 7. The third-order valence-electron chi connectivity index (χ3n) is 6.14. The Morgan fingerprint density at radius 1 is 1.19 bits per heavy atom. The predicted molar refractivity (Wildman–Crippen MR) is 124 cm³/mol. The van der Waals surface area contributed by atoms with Gasteiger partial charge in [0, 0.05) is 50.0 Å². The van der Waals surface area contributed by atoms with E-state index in [0.29, 0.717) is 18.4 Å². The first-order valence-electron chi connectivity index (χ1n) is 11.5. The summed E-state index contributed by atoms with van der Waals surface area (Å²) in [6, 6.07) is 6.05. The van der Waals surface area contributed by atoms with Crippen molar-refractivity contribution >= 4 is 11.8 Å². The topological polar surface area (TPSA) is 71.5 Å². The number of anilines is 2. The van der Waals surface area contributed by atoms with Gasteiger partial charge >= 0.3 is 0 Å². The summed E-state index contributed by atoms with van der Waals surface area (Å²) in [5.74, 6) is 3.69. The Kier molecular flexibility index (Phi) is 7.12. The van der Waals surface area contributed by atoms with Crippen molar-refractivity contribution in [3.8, 4) is 11.5 Å². The van der Waals surface area contributed by atoms with E-state index in [2.05, 4.69) is 40.4 Å². The van der Waals surface area contributed by atoms with Crippen LogP contribution in [0.5, 0.6) is 11.5 Å². The van der Waals surface area contributed by atoms with Crippen LogP contribution in [0.4, 0.5) is 11.8 Å². The monoisotopic (exact) mass is 425 g/mol. The normalized spacial score (nSPS) is 17.2. The number of piperazine rings is 1. The summed E-state index contributed by atoms with van der Waals surface area (Å²) >= 11 is 0. The predicted octanol–water partition coefficient (Wildman–Crippen LogP) is 3.95. The number of benzene rings is 1. The molecule has 4 rings (SSSR count). The summed E-state index contributed by atoms with van der Waals surface area (Å²) in [5.41, 5.74) is 2.26. The largest absolute Gasteiger partial charge is 0.493 e. The maximum Gasteiger partial charge on any atom is 0.224 e. The van der Waals surface area contributed by atoms with Crippen molar-refractivity contribution < 1.29 is 9.47 Å². The Bertz CT molecular complexity index is 861. The highest BCUT2D eigenvalue weighted by Gasteiger charge is 2.22. The molecule has 2 fully saturated rings. The molecule has 0 radical (unpaired) electrons. The molecule has 7 nitrogen and oxygen atoms in total. The van der Waals surface area contributed by atoms with Crippen molar-refractivity contribution in [2.75, 3.05) is 43.5 Å². The number of para-hydroxylation sites is 1. The zero-order chi connectivity index (χ0) is 21.6. The van der Waals surface area contributed by atoms with Crippen molar-refractivity contribution in [3.05, 3.63) is 35.5 Å². The van der Waals surface area contributed by atoms with Gasteiger partial charge in [-0.05, 0) is 37.7 Å². The second kappa shape index (κ2) is 10.2. The molecule has 31 heavy (non-hydrogen) atoms. The van der Waals surface area contributed by atoms with Gasteiger partial charge in [0.25, 0.3) is 0 Å². The number of aromatic nitrogens is 2. The van der Waals surface area contributed by atoms with Gasteiger partial charge in [-0.25, -0.2) is 4.98 Å². The minimum atomic E-state index is 0.274. The van der Waals surface area contributed by atoms with E-state index in [9.17, 15) is 0 Å². The molecule has 1 aliphatic heterocycles. The van der Waals surface area contributed by atoms with Crippen LogP contribution >= 0.6 is 0 Å². The lowest BCUT2D eigenvalue weighted by molar-refractivity contribution is 0.199. The van der Waals surface area contributed by atoms with Crippen LogP contribution < -0.4 is 25.0 Å². The maximum absolute atomic E-state index is 6.37. The smallest absolute Gasteiger partial charge is 0.224 e. The molecule has 1 aromatic carbocycles. The lowest BCUT2D eigenvalue weighted by atomic mass is 10.1. The molecule has 0 spiro atoms. The van der Waals surface area contributed by atoms with E-state index in [4.69, 9.17) is 14.5 Å². The van der Waals surface area contributed by atoms with Crippen LogP contribution in [0.25, 0.3) is 0 Å². The van der Waals surface area contributed by atoms with Crippen LogP contribution in [-0.4, -0.2) is 49.4 Å². The van der Waals surface area contributed by atoms with E-state index >= 15 is 0 Å². The standard InChI is InChI=1S/C24H35N5O2/c1-17(2)20-16-27-24(28-23(20)29-13-11-25-12-14-29)26-15-18-7-6-10-21(30-3)22(18)31-19-8-4-5-9-19/h6-7,10,16-17,19,25H,4-5,8-9,11-15H2,1-3H3,(H,26,27,28). The van der Waals surface area contributed by atoms with Gasteiger partial charge in [0.2, 0.25) is 5.95 Å². The third-order valence-corrected chi connectivity index (χ3v) is 6.14. The molecule has 2 aromatic rings. The van der Waals surface area contributed by atoms with E-state index in [-0.39, 0.29) is 6.10 Å². The molecule has 2 aliphatic rings. The highest BCUT2D eigenvalue weighted by molar-refractivity contribution is 5.52. The van der Waals surface area contributed by atoms with E-state index in [0.717, 1.165) is 61.9 Å². The summed E-state index contributed by atoms with van der Waals surface area (Å²) in [4.78, 5) is 11.9. The molecule has 0 amide bonds. The fraction of sp³-hybridized carbons (Fsp3) is 0.583. The summed E-state index contributed by atoms with van der Waals surface area (Å²) in [6.07, 6.45) is 6.93. The Balaban J connectivity index is 1.53. The molecule has 2 N–H and O–H groups in total. The lowest BCUT2D eigenvalue weighted by Crippen LogP contribution is -2.44. The average molecular weight is 426 g/mol. The molecule has 1 saturated carbocycles. The van der Waals surface area contributed by atoms with E-state index in [1.807, 2.05) is 18.3 Å². The summed E-state index contributed by atoms with van der Waals surface area (Å²) in [6.45, 7) is 8.87. The molecule has 0 unspecified atom stereocenters. The van der Waals surface area contributed by atoms with Crippen LogP contribution in [0.15, 0.2) is 24.4 Å². The number of rotatable bonds is 8. The average Bonchev–Trinajstić information content (AvgIpc) is 3.32.